The van der Waals surface area contributed by atoms with E-state index in [1.54, 1.807) is 6.07 Å². The Morgan fingerprint density at radius 3 is 2.23 bits per heavy atom. The number of carboxylic acid groups (broad SMARTS) is 2. The molecule has 0 radical (unpaired) electrons. The van der Waals surface area contributed by atoms with Gasteiger partial charge in [-0.1, -0.05) is 29.8 Å². The average Bonchev–Trinajstić information content (AvgIpc) is 3.14. The molecule has 2 rings (SSSR count). The van der Waals surface area contributed by atoms with Crippen LogP contribution in [0.1, 0.15) is 22.4 Å². The summed E-state index contributed by atoms with van der Waals surface area (Å²) in [5, 5.41) is 17.9. The summed E-state index contributed by atoms with van der Waals surface area (Å²) in [5.41, 5.74) is 2.43. The van der Waals surface area contributed by atoms with Gasteiger partial charge in [0.25, 0.3) is 10.0 Å². The zero-order chi connectivity index (χ0) is 27.0. The van der Waals surface area contributed by atoms with Crippen molar-refractivity contribution in [1.29, 1.82) is 0 Å². The molecule has 1 aromatic heterocycles. The third kappa shape index (κ3) is 12.2. The number of nitrogens with one attached hydrogen (secondary N) is 1. The number of likely N-dealkylation sites (N-methyl/N-ethyl adjacent to an activating group) is 1. The summed E-state index contributed by atoms with van der Waals surface area (Å²) in [6.07, 6.45) is -3.83. The lowest BCUT2D eigenvalue weighted by molar-refractivity contribution is -0.871. The fraction of sp³-hybridized carbons (Fsp3) is 0.455. The Kier molecular flexibility index (Phi) is 10.9. The second-order valence-electron chi connectivity index (χ2n) is 8.88. The van der Waals surface area contributed by atoms with Crippen molar-refractivity contribution in [3.8, 4) is 0 Å². The van der Waals surface area contributed by atoms with Crippen LogP contribution in [0.2, 0.25) is 0 Å². The molecule has 35 heavy (non-hydrogen) atoms. The number of rotatable bonds is 10. The van der Waals surface area contributed by atoms with Crippen LogP contribution < -0.4 is 9.83 Å². The van der Waals surface area contributed by atoms with Crippen molar-refractivity contribution in [1.82, 2.24) is 4.72 Å². The van der Waals surface area contributed by atoms with E-state index in [9.17, 15) is 26.4 Å². The lowest BCUT2D eigenvalue weighted by Crippen LogP contribution is -2.49. The predicted molar refractivity (Wildman–Crippen MR) is 123 cm³/mol. The van der Waals surface area contributed by atoms with Crippen LogP contribution in [-0.4, -0.2) is 69.9 Å². The minimum Gasteiger partial charge on any atom is -0.542 e. The highest BCUT2D eigenvalue weighted by Crippen LogP contribution is 2.24. The number of thiophene rings is 1. The van der Waals surface area contributed by atoms with Gasteiger partial charge >= 0.3 is 12.1 Å². The van der Waals surface area contributed by atoms with E-state index in [-0.39, 0.29) is 10.6 Å². The van der Waals surface area contributed by atoms with E-state index in [2.05, 4.69) is 29.8 Å². The number of aryl methyl sites for hydroxylation is 3. The number of benzene rings is 1. The van der Waals surface area contributed by atoms with E-state index >= 15 is 0 Å². The molecule has 196 valence electrons. The molecule has 2 aromatic rings. The SMILES string of the molecule is Cc1cccc(CCc2ccc(S(=O)(=O)NC(CC(=O)O)C[N+](C)(C)C)s2)c1.O=C([O-])C(F)(F)F. The van der Waals surface area contributed by atoms with Crippen molar-refractivity contribution in [2.75, 3.05) is 27.7 Å². The van der Waals surface area contributed by atoms with Gasteiger partial charge < -0.3 is 19.5 Å². The van der Waals surface area contributed by atoms with Gasteiger partial charge in [-0.25, -0.2) is 13.1 Å². The number of carbonyl (C=O) groups is 2. The molecule has 0 saturated carbocycles. The van der Waals surface area contributed by atoms with E-state index < -0.39 is 34.2 Å². The minimum atomic E-state index is -5.19. The lowest BCUT2D eigenvalue weighted by Gasteiger charge is -2.28. The third-order valence-electron chi connectivity index (χ3n) is 4.39. The van der Waals surface area contributed by atoms with E-state index in [0.29, 0.717) is 11.0 Å². The summed E-state index contributed by atoms with van der Waals surface area (Å²) < 4.78 is 60.3. The number of halogens is 3. The van der Waals surface area contributed by atoms with Gasteiger partial charge in [-0.3, -0.25) is 4.79 Å². The largest absolute Gasteiger partial charge is 0.542 e. The summed E-state index contributed by atoms with van der Waals surface area (Å²) in [4.78, 5) is 20.9. The normalized spacial score (nSPS) is 13.0. The van der Waals surface area contributed by atoms with Crippen molar-refractivity contribution in [3.05, 3.63) is 52.4 Å². The van der Waals surface area contributed by atoms with Gasteiger partial charge in [0, 0.05) is 4.88 Å². The number of carbonyl (C=O) groups excluding carboxylic acids is 1. The number of nitrogens with zero attached hydrogens (tertiary/aromatic N) is 1. The molecular weight excluding hydrogens is 509 g/mol. The molecule has 0 aliphatic heterocycles. The Morgan fingerprint density at radius 2 is 1.74 bits per heavy atom. The summed E-state index contributed by atoms with van der Waals surface area (Å²) in [5.74, 6) is -4.03. The first-order chi connectivity index (χ1) is 15.9. The summed E-state index contributed by atoms with van der Waals surface area (Å²) >= 11 is 1.24. The molecular formula is C22H29F3N2O6S2. The molecule has 1 heterocycles. The topological polar surface area (TPSA) is 124 Å². The van der Waals surface area contributed by atoms with Crippen molar-refractivity contribution in [3.63, 3.8) is 0 Å². The number of aliphatic carboxylic acids is 2. The fourth-order valence-corrected chi connectivity index (χ4v) is 5.66. The zero-order valence-electron chi connectivity index (χ0n) is 19.8. The van der Waals surface area contributed by atoms with Gasteiger partial charge in [-0.15, -0.1) is 11.3 Å². The second kappa shape index (κ2) is 12.5. The van der Waals surface area contributed by atoms with Crippen LogP contribution in [0.3, 0.4) is 0 Å². The molecule has 0 aliphatic rings. The number of hydrogen-bond acceptors (Lipinski definition) is 6. The van der Waals surface area contributed by atoms with Gasteiger partial charge in [-0.05, 0) is 37.5 Å². The van der Waals surface area contributed by atoms with Gasteiger partial charge in [0.1, 0.15) is 10.2 Å². The molecule has 2 N–H and O–H groups in total. The zero-order valence-corrected chi connectivity index (χ0v) is 21.4. The van der Waals surface area contributed by atoms with Crippen molar-refractivity contribution >= 4 is 33.3 Å². The highest BCUT2D eigenvalue weighted by Gasteiger charge is 2.29. The first kappa shape index (κ1) is 30.6. The number of alkyl halides is 3. The van der Waals surface area contributed by atoms with E-state index in [4.69, 9.17) is 15.0 Å². The quantitative estimate of drug-likeness (QED) is 0.446. The monoisotopic (exact) mass is 538 g/mol. The number of carboxylic acids is 2. The number of sulfonamides is 1. The maximum absolute atomic E-state index is 12.7. The predicted octanol–water partition coefficient (Wildman–Crippen LogP) is 1.97. The molecule has 0 spiro atoms. The highest BCUT2D eigenvalue weighted by molar-refractivity contribution is 7.91. The number of hydrogen-bond donors (Lipinski definition) is 2. The van der Waals surface area contributed by atoms with Crippen molar-refractivity contribution in [2.45, 2.75) is 42.6 Å². The van der Waals surface area contributed by atoms with Crippen LogP contribution in [-0.2, 0) is 32.5 Å². The summed E-state index contributed by atoms with van der Waals surface area (Å²) in [6, 6.07) is 11.0. The van der Waals surface area contributed by atoms with Gasteiger partial charge in [0.2, 0.25) is 0 Å². The Balaban J connectivity index is 0.000000762. The van der Waals surface area contributed by atoms with Gasteiger partial charge in [0.15, 0.2) is 0 Å². The highest BCUT2D eigenvalue weighted by atomic mass is 32.2. The first-order valence-corrected chi connectivity index (χ1v) is 12.7. The smallest absolute Gasteiger partial charge is 0.430 e. The maximum atomic E-state index is 12.7. The molecule has 0 fully saturated rings. The molecule has 1 unspecified atom stereocenters. The average molecular weight is 539 g/mol. The number of quaternary nitrogens is 1. The molecule has 13 heteroatoms. The molecule has 1 atom stereocenters. The van der Waals surface area contributed by atoms with Crippen molar-refractivity contribution < 1.29 is 45.9 Å². The van der Waals surface area contributed by atoms with E-state index in [1.807, 2.05) is 33.3 Å². The third-order valence-corrected chi connectivity index (χ3v) is 7.54. The minimum absolute atomic E-state index is 0.226. The van der Waals surface area contributed by atoms with Crippen LogP contribution in [0.4, 0.5) is 13.2 Å². The van der Waals surface area contributed by atoms with Gasteiger partial charge in [0.05, 0.1) is 40.2 Å². The van der Waals surface area contributed by atoms with Crippen LogP contribution in [0.5, 0.6) is 0 Å². The lowest BCUT2D eigenvalue weighted by atomic mass is 10.1. The second-order valence-corrected chi connectivity index (χ2v) is 12.0. The van der Waals surface area contributed by atoms with Crippen LogP contribution in [0, 0.1) is 6.92 Å². The molecule has 0 bridgehead atoms. The standard InChI is InChI=1S/C20H28N2O4S2.C2HF3O2/c1-15-6-5-7-16(12-15)8-9-18-10-11-20(27-18)28(25,26)21-17(13-19(23)24)14-22(2,3)4;3-2(4,5)1(6)7/h5-7,10-12,17,21H,8-9,13-14H2,1-4H3;(H,6,7). The first-order valence-electron chi connectivity index (χ1n) is 10.4. The van der Waals surface area contributed by atoms with Gasteiger partial charge in [-0.2, -0.15) is 13.2 Å². The van der Waals surface area contributed by atoms with Crippen LogP contribution >= 0.6 is 11.3 Å². The Morgan fingerprint density at radius 1 is 1.14 bits per heavy atom. The van der Waals surface area contributed by atoms with Crippen LogP contribution in [0.25, 0.3) is 0 Å². The molecule has 0 amide bonds. The van der Waals surface area contributed by atoms with Crippen LogP contribution in [0.15, 0.2) is 40.6 Å². The van der Waals surface area contributed by atoms with Crippen molar-refractivity contribution in [2.24, 2.45) is 0 Å². The Bertz CT molecular complexity index is 1110. The maximum Gasteiger partial charge on any atom is 0.430 e. The molecule has 1 aromatic carbocycles. The Labute approximate surface area is 206 Å². The fourth-order valence-electron chi connectivity index (χ4n) is 3.07. The molecule has 0 aliphatic carbocycles. The molecule has 0 saturated heterocycles. The van der Waals surface area contributed by atoms with E-state index in [0.717, 1.165) is 17.7 Å². The summed E-state index contributed by atoms with van der Waals surface area (Å²) in [6.45, 7) is 2.44. The Hall–Kier alpha value is -2.48. The molecule has 8 nitrogen and oxygen atoms in total. The summed E-state index contributed by atoms with van der Waals surface area (Å²) in [7, 11) is 1.95. The van der Waals surface area contributed by atoms with E-state index in [1.165, 1.54) is 22.5 Å².